The van der Waals surface area contributed by atoms with Gasteiger partial charge in [-0.05, 0) is 42.5 Å². The maximum absolute atomic E-state index is 12.6. The lowest BCUT2D eigenvalue weighted by molar-refractivity contribution is -0.131. The SMILES string of the molecule is CCC(=O)N1CCN(c2ccc(NC(=O)c3ccc(-c4cccc(Cl)c4)o3)cc2Cl)CC1. The van der Waals surface area contributed by atoms with Crippen molar-refractivity contribution in [2.24, 2.45) is 0 Å². The number of hydrogen-bond donors (Lipinski definition) is 1. The number of anilines is 2. The van der Waals surface area contributed by atoms with Crippen LogP contribution in [0.5, 0.6) is 0 Å². The summed E-state index contributed by atoms with van der Waals surface area (Å²) in [6.45, 7) is 4.66. The Kier molecular flexibility index (Phi) is 6.72. The van der Waals surface area contributed by atoms with Gasteiger partial charge in [-0.15, -0.1) is 0 Å². The third kappa shape index (κ3) is 4.92. The molecule has 0 bridgehead atoms. The molecule has 0 unspecified atom stereocenters. The molecule has 1 aromatic heterocycles. The van der Waals surface area contributed by atoms with E-state index in [9.17, 15) is 9.59 Å². The van der Waals surface area contributed by atoms with Crippen molar-refractivity contribution in [3.05, 3.63) is 70.4 Å². The predicted octanol–water partition coefficient (Wildman–Crippen LogP) is 5.56. The van der Waals surface area contributed by atoms with Crippen LogP contribution >= 0.6 is 23.2 Å². The van der Waals surface area contributed by atoms with Crippen molar-refractivity contribution in [1.29, 1.82) is 0 Å². The van der Waals surface area contributed by atoms with E-state index in [0.717, 1.165) is 24.3 Å². The summed E-state index contributed by atoms with van der Waals surface area (Å²) in [5, 5.41) is 3.95. The number of furan rings is 1. The summed E-state index contributed by atoms with van der Waals surface area (Å²) < 4.78 is 5.70. The van der Waals surface area contributed by atoms with Crippen LogP contribution in [0.2, 0.25) is 10.0 Å². The fraction of sp³-hybridized carbons (Fsp3) is 0.250. The second-order valence-electron chi connectivity index (χ2n) is 7.52. The number of halogens is 2. The predicted molar refractivity (Wildman–Crippen MR) is 128 cm³/mol. The van der Waals surface area contributed by atoms with Crippen molar-refractivity contribution >= 4 is 46.4 Å². The molecule has 8 heteroatoms. The summed E-state index contributed by atoms with van der Waals surface area (Å²) >= 11 is 12.5. The van der Waals surface area contributed by atoms with E-state index in [1.807, 2.05) is 36.1 Å². The Hall–Kier alpha value is -2.96. The first kappa shape index (κ1) is 22.2. The molecule has 0 atom stereocenters. The topological polar surface area (TPSA) is 65.8 Å². The minimum Gasteiger partial charge on any atom is -0.451 e. The number of carbonyl (C=O) groups is 2. The van der Waals surface area contributed by atoms with Gasteiger partial charge in [0.2, 0.25) is 5.91 Å². The van der Waals surface area contributed by atoms with E-state index in [2.05, 4.69) is 10.2 Å². The molecular formula is C24H23Cl2N3O3. The molecule has 0 aliphatic carbocycles. The number of carbonyl (C=O) groups excluding carboxylic acids is 2. The van der Waals surface area contributed by atoms with Crippen LogP contribution in [0.25, 0.3) is 11.3 Å². The number of benzene rings is 2. The minimum absolute atomic E-state index is 0.172. The van der Waals surface area contributed by atoms with Gasteiger partial charge in [0.25, 0.3) is 5.91 Å². The van der Waals surface area contributed by atoms with E-state index < -0.39 is 0 Å². The molecule has 1 saturated heterocycles. The molecule has 6 nitrogen and oxygen atoms in total. The molecule has 32 heavy (non-hydrogen) atoms. The number of nitrogens with one attached hydrogen (secondary N) is 1. The Morgan fingerprint density at radius 3 is 2.47 bits per heavy atom. The van der Waals surface area contributed by atoms with Gasteiger partial charge in [-0.1, -0.05) is 42.3 Å². The third-order valence-corrected chi connectivity index (χ3v) is 5.96. The number of hydrogen-bond acceptors (Lipinski definition) is 4. The molecule has 0 saturated carbocycles. The molecule has 1 aliphatic rings. The Morgan fingerprint density at radius 1 is 1.00 bits per heavy atom. The highest BCUT2D eigenvalue weighted by Crippen LogP contribution is 2.30. The zero-order valence-corrected chi connectivity index (χ0v) is 19.1. The molecule has 2 aromatic carbocycles. The van der Waals surface area contributed by atoms with Gasteiger partial charge in [-0.3, -0.25) is 9.59 Å². The quantitative estimate of drug-likeness (QED) is 0.528. The van der Waals surface area contributed by atoms with E-state index in [-0.39, 0.29) is 17.6 Å². The van der Waals surface area contributed by atoms with E-state index in [1.54, 1.807) is 30.3 Å². The Balaban J connectivity index is 1.41. The fourth-order valence-electron chi connectivity index (χ4n) is 3.71. The standard InChI is InChI=1S/C24H23Cl2N3O3/c1-2-23(30)29-12-10-28(11-13-29)20-7-6-18(15-19(20)26)27-24(31)22-9-8-21(32-22)16-4-3-5-17(25)14-16/h3-9,14-15H,2,10-13H2,1H3,(H,27,31). The van der Waals surface area contributed by atoms with Gasteiger partial charge >= 0.3 is 0 Å². The Morgan fingerprint density at radius 2 is 1.78 bits per heavy atom. The summed E-state index contributed by atoms with van der Waals surface area (Å²) in [7, 11) is 0. The highest BCUT2D eigenvalue weighted by Gasteiger charge is 2.22. The molecule has 2 heterocycles. The van der Waals surface area contributed by atoms with Crippen LogP contribution < -0.4 is 10.2 Å². The first-order valence-corrected chi connectivity index (χ1v) is 11.2. The second kappa shape index (κ2) is 9.67. The molecule has 1 N–H and O–H groups in total. The molecule has 0 radical (unpaired) electrons. The monoisotopic (exact) mass is 471 g/mol. The van der Waals surface area contributed by atoms with E-state index in [1.165, 1.54) is 0 Å². The smallest absolute Gasteiger partial charge is 0.291 e. The molecule has 1 aliphatic heterocycles. The van der Waals surface area contributed by atoms with Crippen molar-refractivity contribution in [3.63, 3.8) is 0 Å². The number of rotatable bonds is 5. The molecule has 4 rings (SSSR count). The van der Waals surface area contributed by atoms with Crippen LogP contribution in [0.4, 0.5) is 11.4 Å². The van der Waals surface area contributed by atoms with Gasteiger partial charge in [0.15, 0.2) is 5.76 Å². The Bertz CT molecular complexity index is 1140. The van der Waals surface area contributed by atoms with Crippen molar-refractivity contribution in [1.82, 2.24) is 4.90 Å². The second-order valence-corrected chi connectivity index (χ2v) is 8.36. The summed E-state index contributed by atoms with van der Waals surface area (Å²) in [4.78, 5) is 28.5. The maximum atomic E-state index is 12.6. The summed E-state index contributed by atoms with van der Waals surface area (Å²) in [5.74, 6) is 0.558. The molecule has 166 valence electrons. The first-order valence-electron chi connectivity index (χ1n) is 10.4. The van der Waals surface area contributed by atoms with Gasteiger partial charge in [-0.25, -0.2) is 0 Å². The molecule has 3 aromatic rings. The molecule has 1 fully saturated rings. The van der Waals surface area contributed by atoms with Crippen LogP contribution in [0, 0.1) is 0 Å². The lowest BCUT2D eigenvalue weighted by Crippen LogP contribution is -2.48. The van der Waals surface area contributed by atoms with Crippen LogP contribution in [-0.4, -0.2) is 42.9 Å². The number of amides is 2. The van der Waals surface area contributed by atoms with E-state index >= 15 is 0 Å². The van der Waals surface area contributed by atoms with Crippen LogP contribution in [0.15, 0.2) is 59.0 Å². The Labute approximate surface area is 196 Å². The lowest BCUT2D eigenvalue weighted by Gasteiger charge is -2.36. The van der Waals surface area contributed by atoms with Gasteiger partial charge in [-0.2, -0.15) is 0 Å². The van der Waals surface area contributed by atoms with Crippen LogP contribution in [-0.2, 0) is 4.79 Å². The van der Waals surface area contributed by atoms with Gasteiger partial charge in [0.1, 0.15) is 5.76 Å². The normalized spacial score (nSPS) is 13.8. The average molecular weight is 472 g/mol. The summed E-state index contributed by atoms with van der Waals surface area (Å²) in [5.41, 5.74) is 2.25. The van der Waals surface area contributed by atoms with Gasteiger partial charge < -0.3 is 19.5 Å². The maximum Gasteiger partial charge on any atom is 0.291 e. The van der Waals surface area contributed by atoms with E-state index in [4.69, 9.17) is 27.6 Å². The highest BCUT2D eigenvalue weighted by atomic mass is 35.5. The molecule has 0 spiro atoms. The van der Waals surface area contributed by atoms with Crippen molar-refractivity contribution in [3.8, 4) is 11.3 Å². The fourth-order valence-corrected chi connectivity index (χ4v) is 4.20. The largest absolute Gasteiger partial charge is 0.451 e. The van der Waals surface area contributed by atoms with Crippen molar-refractivity contribution in [2.75, 3.05) is 36.4 Å². The van der Waals surface area contributed by atoms with Crippen molar-refractivity contribution < 1.29 is 14.0 Å². The summed E-state index contributed by atoms with van der Waals surface area (Å²) in [6, 6.07) is 16.0. The average Bonchev–Trinajstić information content (AvgIpc) is 3.29. The zero-order chi connectivity index (χ0) is 22.7. The minimum atomic E-state index is -0.367. The van der Waals surface area contributed by atoms with Crippen molar-refractivity contribution in [2.45, 2.75) is 13.3 Å². The van der Waals surface area contributed by atoms with E-state index in [0.29, 0.717) is 41.0 Å². The number of nitrogens with zero attached hydrogens (tertiary/aromatic N) is 2. The highest BCUT2D eigenvalue weighted by molar-refractivity contribution is 6.33. The molecular weight excluding hydrogens is 449 g/mol. The summed E-state index contributed by atoms with van der Waals surface area (Å²) in [6.07, 6.45) is 0.519. The van der Waals surface area contributed by atoms with Crippen LogP contribution in [0.3, 0.4) is 0 Å². The molecule has 2 amide bonds. The third-order valence-electron chi connectivity index (χ3n) is 5.42. The zero-order valence-electron chi connectivity index (χ0n) is 17.6. The van der Waals surface area contributed by atoms with Crippen LogP contribution in [0.1, 0.15) is 23.9 Å². The van der Waals surface area contributed by atoms with Gasteiger partial charge in [0.05, 0.1) is 10.7 Å². The lowest BCUT2D eigenvalue weighted by atomic mass is 10.2. The van der Waals surface area contributed by atoms with Gasteiger partial charge in [0, 0.05) is 48.9 Å². The number of piperazine rings is 1. The first-order chi connectivity index (χ1) is 15.4.